The molecule has 5 nitrogen and oxygen atoms in total. The van der Waals surface area contributed by atoms with Gasteiger partial charge in [0.2, 0.25) is 5.91 Å². The highest BCUT2D eigenvalue weighted by Crippen LogP contribution is 2.09. The minimum atomic E-state index is -0.0875. The average Bonchev–Trinajstić information content (AvgIpc) is 2.22. The van der Waals surface area contributed by atoms with Crippen molar-refractivity contribution in [2.24, 2.45) is 5.73 Å². The smallest absolute Gasteiger partial charge is 0.225 e. The SMILES string of the molecule is CCNc1ccc(NC(=O)CCN)cn1. The number of carbonyl (C=O) groups is 1. The normalized spacial score (nSPS) is 9.73. The predicted octanol–water partition coefficient (Wildman–Crippen LogP) is 0.801. The van der Waals surface area contributed by atoms with Gasteiger partial charge in [0.25, 0.3) is 0 Å². The maximum Gasteiger partial charge on any atom is 0.225 e. The van der Waals surface area contributed by atoms with E-state index in [2.05, 4.69) is 15.6 Å². The molecule has 0 aliphatic heterocycles. The Morgan fingerprint density at radius 1 is 1.53 bits per heavy atom. The molecule has 0 aromatic carbocycles. The van der Waals surface area contributed by atoms with E-state index in [1.165, 1.54) is 0 Å². The summed E-state index contributed by atoms with van der Waals surface area (Å²) in [5.41, 5.74) is 5.95. The van der Waals surface area contributed by atoms with Gasteiger partial charge in [0, 0.05) is 19.5 Å². The Labute approximate surface area is 89.1 Å². The molecular formula is C10H16N4O. The molecule has 0 bridgehead atoms. The third-order valence-corrected chi connectivity index (χ3v) is 1.78. The van der Waals surface area contributed by atoms with Crippen molar-refractivity contribution in [3.8, 4) is 0 Å². The third kappa shape index (κ3) is 3.95. The standard InChI is InChI=1S/C10H16N4O/c1-2-12-9-4-3-8(7-13-9)14-10(15)5-6-11/h3-4,7H,2,5-6,11H2,1H3,(H,12,13)(H,14,15). The maximum atomic E-state index is 11.2. The van der Waals surface area contributed by atoms with Crippen molar-refractivity contribution in [3.63, 3.8) is 0 Å². The first-order chi connectivity index (χ1) is 7.26. The average molecular weight is 208 g/mol. The molecule has 4 N–H and O–H groups in total. The lowest BCUT2D eigenvalue weighted by Gasteiger charge is -2.05. The molecule has 1 aromatic rings. The molecule has 1 rings (SSSR count). The molecule has 1 aromatic heterocycles. The van der Waals surface area contributed by atoms with Crippen LogP contribution in [0.1, 0.15) is 13.3 Å². The fraction of sp³-hybridized carbons (Fsp3) is 0.400. The summed E-state index contributed by atoms with van der Waals surface area (Å²) in [6.45, 7) is 3.18. The minimum absolute atomic E-state index is 0.0875. The second-order valence-corrected chi connectivity index (χ2v) is 3.05. The van der Waals surface area contributed by atoms with Gasteiger partial charge in [0.15, 0.2) is 0 Å². The molecule has 0 atom stereocenters. The van der Waals surface area contributed by atoms with Gasteiger partial charge < -0.3 is 16.4 Å². The molecule has 15 heavy (non-hydrogen) atoms. The highest BCUT2D eigenvalue weighted by molar-refractivity contribution is 5.90. The monoisotopic (exact) mass is 208 g/mol. The van der Waals surface area contributed by atoms with E-state index in [9.17, 15) is 4.79 Å². The van der Waals surface area contributed by atoms with Crippen LogP contribution in [-0.4, -0.2) is 24.0 Å². The maximum absolute atomic E-state index is 11.2. The van der Waals surface area contributed by atoms with Crippen LogP contribution in [0.4, 0.5) is 11.5 Å². The Balaban J connectivity index is 2.52. The van der Waals surface area contributed by atoms with Gasteiger partial charge in [0.1, 0.15) is 5.82 Å². The molecule has 1 heterocycles. The zero-order valence-electron chi connectivity index (χ0n) is 8.79. The summed E-state index contributed by atoms with van der Waals surface area (Å²) in [5, 5.41) is 5.77. The van der Waals surface area contributed by atoms with E-state index in [1.54, 1.807) is 12.3 Å². The number of aromatic nitrogens is 1. The molecule has 0 radical (unpaired) electrons. The lowest BCUT2D eigenvalue weighted by Crippen LogP contribution is -2.16. The van der Waals surface area contributed by atoms with Crippen molar-refractivity contribution in [2.45, 2.75) is 13.3 Å². The molecule has 0 aliphatic carbocycles. The Hall–Kier alpha value is -1.62. The number of pyridine rings is 1. The van der Waals surface area contributed by atoms with Gasteiger partial charge in [-0.3, -0.25) is 4.79 Å². The van der Waals surface area contributed by atoms with Crippen LogP contribution in [0, 0.1) is 0 Å². The summed E-state index contributed by atoms with van der Waals surface area (Å²) in [6, 6.07) is 3.63. The number of amides is 1. The van der Waals surface area contributed by atoms with E-state index < -0.39 is 0 Å². The minimum Gasteiger partial charge on any atom is -0.370 e. The van der Waals surface area contributed by atoms with Gasteiger partial charge in [-0.15, -0.1) is 0 Å². The van der Waals surface area contributed by atoms with Crippen LogP contribution in [0.25, 0.3) is 0 Å². The number of hydrogen-bond donors (Lipinski definition) is 3. The summed E-state index contributed by atoms with van der Waals surface area (Å²) in [4.78, 5) is 15.3. The first-order valence-corrected chi connectivity index (χ1v) is 4.96. The molecule has 5 heteroatoms. The van der Waals surface area contributed by atoms with Gasteiger partial charge in [0.05, 0.1) is 11.9 Å². The Bertz CT molecular complexity index is 310. The summed E-state index contributed by atoms with van der Waals surface area (Å²) in [5.74, 6) is 0.713. The van der Waals surface area contributed by atoms with Gasteiger partial charge in [-0.25, -0.2) is 4.98 Å². The first kappa shape index (κ1) is 11.5. The van der Waals surface area contributed by atoms with Crippen LogP contribution in [0.3, 0.4) is 0 Å². The van der Waals surface area contributed by atoms with Crippen molar-refractivity contribution in [2.75, 3.05) is 23.7 Å². The lowest BCUT2D eigenvalue weighted by molar-refractivity contribution is -0.116. The fourth-order valence-corrected chi connectivity index (χ4v) is 1.11. The molecule has 1 amide bonds. The van der Waals surface area contributed by atoms with Gasteiger partial charge in [-0.05, 0) is 19.1 Å². The summed E-state index contributed by atoms with van der Waals surface area (Å²) >= 11 is 0. The van der Waals surface area contributed by atoms with E-state index in [-0.39, 0.29) is 5.91 Å². The lowest BCUT2D eigenvalue weighted by atomic mass is 10.3. The van der Waals surface area contributed by atoms with E-state index in [1.807, 2.05) is 13.0 Å². The molecule has 82 valence electrons. The quantitative estimate of drug-likeness (QED) is 0.668. The summed E-state index contributed by atoms with van der Waals surface area (Å²) in [7, 11) is 0. The number of carbonyl (C=O) groups excluding carboxylic acids is 1. The Morgan fingerprint density at radius 2 is 2.33 bits per heavy atom. The zero-order chi connectivity index (χ0) is 11.1. The van der Waals surface area contributed by atoms with Crippen molar-refractivity contribution < 1.29 is 4.79 Å². The Morgan fingerprint density at radius 3 is 2.87 bits per heavy atom. The number of hydrogen-bond acceptors (Lipinski definition) is 4. The highest BCUT2D eigenvalue weighted by atomic mass is 16.1. The number of nitrogens with two attached hydrogens (primary N) is 1. The molecule has 0 saturated heterocycles. The highest BCUT2D eigenvalue weighted by Gasteiger charge is 2.00. The van der Waals surface area contributed by atoms with Crippen LogP contribution >= 0.6 is 0 Å². The van der Waals surface area contributed by atoms with Crippen molar-refractivity contribution >= 4 is 17.4 Å². The van der Waals surface area contributed by atoms with E-state index in [0.29, 0.717) is 18.7 Å². The summed E-state index contributed by atoms with van der Waals surface area (Å²) in [6.07, 6.45) is 1.95. The van der Waals surface area contributed by atoms with Gasteiger partial charge >= 0.3 is 0 Å². The topological polar surface area (TPSA) is 80.0 Å². The number of nitrogens with zero attached hydrogens (tertiary/aromatic N) is 1. The van der Waals surface area contributed by atoms with Gasteiger partial charge in [-0.1, -0.05) is 0 Å². The second kappa shape index (κ2) is 5.98. The van der Waals surface area contributed by atoms with Crippen LogP contribution in [0.15, 0.2) is 18.3 Å². The van der Waals surface area contributed by atoms with Crippen LogP contribution < -0.4 is 16.4 Å². The van der Waals surface area contributed by atoms with Gasteiger partial charge in [-0.2, -0.15) is 0 Å². The second-order valence-electron chi connectivity index (χ2n) is 3.05. The number of rotatable bonds is 5. The van der Waals surface area contributed by atoms with Crippen LogP contribution in [0.2, 0.25) is 0 Å². The molecule has 0 saturated carbocycles. The van der Waals surface area contributed by atoms with E-state index >= 15 is 0 Å². The zero-order valence-corrected chi connectivity index (χ0v) is 8.79. The van der Waals surface area contributed by atoms with Crippen molar-refractivity contribution in [3.05, 3.63) is 18.3 Å². The van der Waals surface area contributed by atoms with Crippen molar-refractivity contribution in [1.29, 1.82) is 0 Å². The van der Waals surface area contributed by atoms with Crippen molar-refractivity contribution in [1.82, 2.24) is 4.98 Å². The third-order valence-electron chi connectivity index (χ3n) is 1.78. The molecular weight excluding hydrogens is 192 g/mol. The van der Waals surface area contributed by atoms with Crippen LogP contribution in [0.5, 0.6) is 0 Å². The van der Waals surface area contributed by atoms with Crippen LogP contribution in [-0.2, 0) is 4.79 Å². The Kier molecular flexibility index (Phi) is 4.56. The number of nitrogens with one attached hydrogen (secondary N) is 2. The molecule has 0 aliphatic rings. The number of anilines is 2. The fourth-order valence-electron chi connectivity index (χ4n) is 1.11. The molecule has 0 unspecified atom stereocenters. The van der Waals surface area contributed by atoms with E-state index in [0.717, 1.165) is 12.4 Å². The molecule has 0 fully saturated rings. The largest absolute Gasteiger partial charge is 0.370 e. The van der Waals surface area contributed by atoms with E-state index in [4.69, 9.17) is 5.73 Å². The summed E-state index contributed by atoms with van der Waals surface area (Å²) < 4.78 is 0. The molecule has 0 spiro atoms. The first-order valence-electron chi connectivity index (χ1n) is 4.96. The predicted molar refractivity (Wildman–Crippen MR) is 60.7 cm³/mol.